The van der Waals surface area contributed by atoms with Crippen LogP contribution >= 0.6 is 0 Å². The normalized spacial score (nSPS) is 21.3. The Morgan fingerprint density at radius 1 is 1.03 bits per heavy atom. The smallest absolute Gasteiger partial charge is 0.254 e. The van der Waals surface area contributed by atoms with Crippen LogP contribution in [-0.4, -0.2) is 41.6 Å². The van der Waals surface area contributed by atoms with Gasteiger partial charge in [0.1, 0.15) is 0 Å². The third kappa shape index (κ3) is 3.91. The Morgan fingerprint density at radius 3 is 2.50 bits per heavy atom. The van der Waals surface area contributed by atoms with Crippen molar-refractivity contribution in [1.82, 2.24) is 9.80 Å². The molecule has 2 aromatic carbocycles. The quantitative estimate of drug-likeness (QED) is 0.711. The number of likely N-dealkylation sites (tertiary alicyclic amines) is 1. The molecule has 0 spiro atoms. The van der Waals surface area contributed by atoms with Crippen LogP contribution in [0.1, 0.15) is 54.1 Å². The first-order valence-electron chi connectivity index (χ1n) is 11.3. The van der Waals surface area contributed by atoms with Crippen molar-refractivity contribution in [1.29, 1.82) is 0 Å². The zero-order valence-electron chi connectivity index (χ0n) is 17.7. The molecule has 0 saturated carbocycles. The maximum Gasteiger partial charge on any atom is 0.254 e. The molecule has 0 aromatic heterocycles. The van der Waals surface area contributed by atoms with E-state index in [4.69, 9.17) is 9.47 Å². The molecular weight excluding hydrogens is 376 g/mol. The van der Waals surface area contributed by atoms with Gasteiger partial charge in [0.2, 0.25) is 6.29 Å². The minimum absolute atomic E-state index is 0.137. The van der Waals surface area contributed by atoms with Gasteiger partial charge in [-0.05, 0) is 61.5 Å². The fourth-order valence-electron chi connectivity index (χ4n) is 4.83. The molecule has 5 nitrogen and oxygen atoms in total. The number of piperidine rings is 1. The Hall–Kier alpha value is -2.53. The Morgan fingerprint density at radius 2 is 1.77 bits per heavy atom. The number of amides is 1. The molecule has 1 atom stereocenters. The van der Waals surface area contributed by atoms with E-state index in [0.29, 0.717) is 18.2 Å². The van der Waals surface area contributed by atoms with E-state index in [1.165, 1.54) is 18.4 Å². The summed E-state index contributed by atoms with van der Waals surface area (Å²) in [5.74, 6) is 2.33. The summed E-state index contributed by atoms with van der Waals surface area (Å²) in [4.78, 5) is 17.4. The van der Waals surface area contributed by atoms with Crippen LogP contribution in [0.2, 0.25) is 0 Å². The lowest BCUT2D eigenvalue weighted by atomic mass is 9.93. The van der Waals surface area contributed by atoms with Crippen molar-refractivity contribution in [2.24, 2.45) is 5.92 Å². The van der Waals surface area contributed by atoms with Gasteiger partial charge in [-0.3, -0.25) is 9.69 Å². The van der Waals surface area contributed by atoms with E-state index >= 15 is 0 Å². The van der Waals surface area contributed by atoms with Crippen molar-refractivity contribution in [3.8, 4) is 11.5 Å². The van der Waals surface area contributed by atoms with Gasteiger partial charge < -0.3 is 14.4 Å². The fourth-order valence-corrected chi connectivity index (χ4v) is 4.83. The lowest BCUT2D eigenvalue weighted by Crippen LogP contribution is -2.35. The van der Waals surface area contributed by atoms with Gasteiger partial charge in [0.25, 0.3) is 5.91 Å². The molecule has 5 heteroatoms. The number of hydrogen-bond acceptors (Lipinski definition) is 4. The van der Waals surface area contributed by atoms with Crippen LogP contribution in [0.5, 0.6) is 11.5 Å². The highest BCUT2D eigenvalue weighted by Crippen LogP contribution is 2.40. The molecule has 1 amide bonds. The zero-order valence-corrected chi connectivity index (χ0v) is 17.7. The Balaban J connectivity index is 1.11. The summed E-state index contributed by atoms with van der Waals surface area (Å²) in [5, 5.41) is 0. The van der Waals surface area contributed by atoms with E-state index in [-0.39, 0.29) is 12.2 Å². The summed E-state index contributed by atoms with van der Waals surface area (Å²) in [6.45, 7) is 6.89. The molecule has 3 aliphatic rings. The van der Waals surface area contributed by atoms with Crippen molar-refractivity contribution in [2.45, 2.75) is 52.0 Å². The van der Waals surface area contributed by atoms with Gasteiger partial charge in [-0.15, -0.1) is 0 Å². The van der Waals surface area contributed by atoms with Crippen LogP contribution in [0.25, 0.3) is 0 Å². The predicted molar refractivity (Wildman–Crippen MR) is 116 cm³/mol. The third-order valence-corrected chi connectivity index (χ3v) is 6.66. The van der Waals surface area contributed by atoms with E-state index in [9.17, 15) is 4.79 Å². The van der Waals surface area contributed by atoms with Crippen LogP contribution in [0.4, 0.5) is 0 Å². The van der Waals surface area contributed by atoms with Gasteiger partial charge in [0.15, 0.2) is 11.5 Å². The zero-order chi connectivity index (χ0) is 20.5. The molecule has 0 radical (unpaired) electrons. The Labute approximate surface area is 178 Å². The molecule has 1 saturated heterocycles. The average Bonchev–Trinajstić information content (AvgIpc) is 3.32. The van der Waals surface area contributed by atoms with Gasteiger partial charge in [0.05, 0.1) is 0 Å². The number of fused-ring (bicyclic) bond motifs is 2. The van der Waals surface area contributed by atoms with Gasteiger partial charge in [-0.25, -0.2) is 0 Å². The van der Waals surface area contributed by atoms with E-state index in [1.807, 2.05) is 24.0 Å². The fraction of sp³-hybridized carbons (Fsp3) is 0.480. The Bertz CT molecular complexity index is 906. The molecule has 5 rings (SSSR count). The lowest BCUT2D eigenvalue weighted by Gasteiger charge is -2.32. The summed E-state index contributed by atoms with van der Waals surface area (Å²) < 4.78 is 11.6. The van der Waals surface area contributed by atoms with Crippen molar-refractivity contribution in [3.05, 3.63) is 59.2 Å². The van der Waals surface area contributed by atoms with Gasteiger partial charge >= 0.3 is 0 Å². The van der Waals surface area contributed by atoms with Crippen LogP contribution in [0.3, 0.4) is 0 Å². The number of rotatable bonds is 6. The summed E-state index contributed by atoms with van der Waals surface area (Å²) >= 11 is 0. The molecule has 1 unspecified atom stereocenters. The number of hydrogen-bond donors (Lipinski definition) is 0. The first kappa shape index (κ1) is 19.4. The van der Waals surface area contributed by atoms with E-state index in [1.54, 1.807) is 0 Å². The first-order valence-corrected chi connectivity index (χ1v) is 11.3. The van der Waals surface area contributed by atoms with Crippen molar-refractivity contribution in [3.63, 3.8) is 0 Å². The highest BCUT2D eigenvalue weighted by atomic mass is 16.7. The summed E-state index contributed by atoms with van der Waals surface area (Å²) in [7, 11) is 0. The second kappa shape index (κ2) is 8.31. The summed E-state index contributed by atoms with van der Waals surface area (Å²) in [6, 6.07) is 14.6. The van der Waals surface area contributed by atoms with Crippen LogP contribution in [-0.2, 0) is 13.1 Å². The maximum absolute atomic E-state index is 12.9. The number of carbonyl (C=O) groups is 1. The molecule has 3 heterocycles. The van der Waals surface area contributed by atoms with Crippen LogP contribution in [0.15, 0.2) is 42.5 Å². The molecule has 0 aliphatic carbocycles. The van der Waals surface area contributed by atoms with Crippen LogP contribution < -0.4 is 9.47 Å². The largest absolute Gasteiger partial charge is 0.451 e. The minimum atomic E-state index is -0.221. The SMILES string of the molecule is CCC1Oc2cc3c(cc2O1)C(=O)N(CCC1CCN(Cc2ccccc2)CC1)C3. The van der Waals surface area contributed by atoms with Crippen molar-refractivity contribution >= 4 is 5.91 Å². The topological polar surface area (TPSA) is 42.0 Å². The van der Waals surface area contributed by atoms with E-state index < -0.39 is 0 Å². The monoisotopic (exact) mass is 406 g/mol. The predicted octanol–water partition coefficient (Wildman–Crippen LogP) is 4.45. The minimum Gasteiger partial charge on any atom is -0.451 e. The second-order valence-corrected chi connectivity index (χ2v) is 8.75. The number of nitrogens with zero attached hydrogens (tertiary/aromatic N) is 2. The average molecular weight is 407 g/mol. The standard InChI is InChI=1S/C25H30N2O3/c1-2-24-29-22-14-20-17-27(25(28)21(20)15-23(22)30-24)13-10-18-8-11-26(12-9-18)16-19-6-4-3-5-7-19/h3-7,14-15,18,24H,2,8-13,16-17H2,1H3. The summed E-state index contributed by atoms with van der Waals surface area (Å²) in [6.07, 6.45) is 4.10. The van der Waals surface area contributed by atoms with Gasteiger partial charge in [-0.1, -0.05) is 37.3 Å². The third-order valence-electron chi connectivity index (χ3n) is 6.66. The second-order valence-electron chi connectivity index (χ2n) is 8.75. The molecule has 2 aromatic rings. The highest BCUT2D eigenvalue weighted by Gasteiger charge is 2.33. The maximum atomic E-state index is 12.9. The molecule has 30 heavy (non-hydrogen) atoms. The van der Waals surface area contributed by atoms with Crippen molar-refractivity contribution < 1.29 is 14.3 Å². The van der Waals surface area contributed by atoms with Gasteiger partial charge in [0, 0.05) is 31.6 Å². The summed E-state index contributed by atoms with van der Waals surface area (Å²) in [5.41, 5.74) is 3.24. The molecule has 0 bridgehead atoms. The Kier molecular flexibility index (Phi) is 5.38. The number of benzene rings is 2. The molecular formula is C25H30N2O3. The van der Waals surface area contributed by atoms with Crippen LogP contribution in [0, 0.1) is 5.92 Å². The molecule has 3 aliphatic heterocycles. The van der Waals surface area contributed by atoms with E-state index in [0.717, 1.165) is 55.9 Å². The lowest BCUT2D eigenvalue weighted by molar-refractivity contribution is 0.0462. The highest BCUT2D eigenvalue weighted by molar-refractivity contribution is 5.99. The molecule has 1 fully saturated rings. The van der Waals surface area contributed by atoms with Crippen molar-refractivity contribution in [2.75, 3.05) is 19.6 Å². The van der Waals surface area contributed by atoms with Gasteiger partial charge in [-0.2, -0.15) is 0 Å². The van der Waals surface area contributed by atoms with E-state index in [2.05, 4.69) is 35.2 Å². The first-order chi connectivity index (χ1) is 14.7. The molecule has 0 N–H and O–H groups in total. The number of carbonyl (C=O) groups excluding carboxylic acids is 1. The number of ether oxygens (including phenoxy) is 2. The molecule has 158 valence electrons.